The SMILES string of the molecule is Cc1ccccc1OCc1ccc(O)cc1Br. The molecule has 0 fully saturated rings. The lowest BCUT2D eigenvalue weighted by Crippen LogP contribution is -1.97. The lowest BCUT2D eigenvalue weighted by molar-refractivity contribution is 0.303. The van der Waals surface area contributed by atoms with Crippen LogP contribution < -0.4 is 4.74 Å². The summed E-state index contributed by atoms with van der Waals surface area (Å²) in [6.07, 6.45) is 0. The summed E-state index contributed by atoms with van der Waals surface area (Å²) in [5.41, 5.74) is 2.12. The van der Waals surface area contributed by atoms with Gasteiger partial charge in [-0.25, -0.2) is 0 Å². The van der Waals surface area contributed by atoms with Gasteiger partial charge < -0.3 is 9.84 Å². The third-order valence-electron chi connectivity index (χ3n) is 2.51. The first-order valence-corrected chi connectivity index (χ1v) is 6.12. The van der Waals surface area contributed by atoms with Gasteiger partial charge in [-0.3, -0.25) is 0 Å². The molecule has 0 aliphatic heterocycles. The summed E-state index contributed by atoms with van der Waals surface area (Å²) in [6.45, 7) is 2.49. The smallest absolute Gasteiger partial charge is 0.122 e. The predicted molar refractivity (Wildman–Crippen MR) is 71.3 cm³/mol. The Morgan fingerprint density at radius 1 is 1.18 bits per heavy atom. The molecule has 88 valence electrons. The van der Waals surface area contributed by atoms with E-state index in [-0.39, 0.29) is 5.75 Å². The molecule has 0 saturated carbocycles. The third kappa shape index (κ3) is 3.01. The van der Waals surface area contributed by atoms with E-state index in [4.69, 9.17) is 4.74 Å². The number of aryl methyl sites for hydroxylation is 1. The lowest BCUT2D eigenvalue weighted by atomic mass is 10.2. The van der Waals surface area contributed by atoms with Crippen LogP contribution in [0.4, 0.5) is 0 Å². The zero-order valence-corrected chi connectivity index (χ0v) is 11.1. The van der Waals surface area contributed by atoms with E-state index in [9.17, 15) is 5.11 Å². The molecular formula is C14H13BrO2. The van der Waals surface area contributed by atoms with E-state index in [0.29, 0.717) is 6.61 Å². The number of hydrogen-bond donors (Lipinski definition) is 1. The van der Waals surface area contributed by atoms with Crippen molar-refractivity contribution in [3.8, 4) is 11.5 Å². The van der Waals surface area contributed by atoms with Crippen molar-refractivity contribution in [3.63, 3.8) is 0 Å². The van der Waals surface area contributed by atoms with Crippen LogP contribution >= 0.6 is 15.9 Å². The lowest BCUT2D eigenvalue weighted by Gasteiger charge is -2.10. The Morgan fingerprint density at radius 3 is 2.65 bits per heavy atom. The van der Waals surface area contributed by atoms with Gasteiger partial charge in [-0.2, -0.15) is 0 Å². The maximum Gasteiger partial charge on any atom is 0.122 e. The quantitative estimate of drug-likeness (QED) is 0.925. The third-order valence-corrected chi connectivity index (χ3v) is 3.25. The molecule has 0 heterocycles. The zero-order chi connectivity index (χ0) is 12.3. The number of rotatable bonds is 3. The van der Waals surface area contributed by atoms with Crippen molar-refractivity contribution >= 4 is 15.9 Å². The van der Waals surface area contributed by atoms with Crippen molar-refractivity contribution in [1.82, 2.24) is 0 Å². The van der Waals surface area contributed by atoms with E-state index in [1.807, 2.05) is 37.3 Å². The fourth-order valence-electron chi connectivity index (χ4n) is 1.53. The van der Waals surface area contributed by atoms with Gasteiger partial charge in [-0.1, -0.05) is 40.2 Å². The van der Waals surface area contributed by atoms with Crippen LogP contribution in [0.25, 0.3) is 0 Å². The molecule has 0 aliphatic rings. The van der Waals surface area contributed by atoms with E-state index in [2.05, 4.69) is 15.9 Å². The molecule has 0 aromatic heterocycles. The Balaban J connectivity index is 2.10. The summed E-state index contributed by atoms with van der Waals surface area (Å²) >= 11 is 3.40. The number of phenols is 1. The van der Waals surface area contributed by atoms with Gasteiger partial charge in [0, 0.05) is 10.0 Å². The van der Waals surface area contributed by atoms with Crippen molar-refractivity contribution in [3.05, 3.63) is 58.1 Å². The number of hydrogen-bond acceptors (Lipinski definition) is 2. The van der Waals surface area contributed by atoms with Crippen molar-refractivity contribution < 1.29 is 9.84 Å². The second-order valence-corrected chi connectivity index (χ2v) is 4.68. The number of halogens is 1. The van der Waals surface area contributed by atoms with Crippen LogP contribution in [0.15, 0.2) is 46.9 Å². The molecule has 0 spiro atoms. The maximum absolute atomic E-state index is 9.30. The summed E-state index contributed by atoms with van der Waals surface area (Å²) in [6, 6.07) is 13.1. The predicted octanol–water partition coefficient (Wildman–Crippen LogP) is 4.04. The molecule has 0 bridgehead atoms. The van der Waals surface area contributed by atoms with Crippen LogP contribution in [0.5, 0.6) is 11.5 Å². The standard InChI is InChI=1S/C14H13BrO2/c1-10-4-2-3-5-14(10)17-9-11-6-7-12(16)8-13(11)15/h2-8,16H,9H2,1H3. The molecule has 2 aromatic rings. The topological polar surface area (TPSA) is 29.5 Å². The summed E-state index contributed by atoms with van der Waals surface area (Å²) in [7, 11) is 0. The van der Waals surface area contributed by atoms with Crippen LogP contribution in [-0.2, 0) is 6.61 Å². The highest BCUT2D eigenvalue weighted by molar-refractivity contribution is 9.10. The molecule has 0 atom stereocenters. The molecule has 1 N–H and O–H groups in total. The van der Waals surface area contributed by atoms with Crippen LogP contribution in [-0.4, -0.2) is 5.11 Å². The minimum absolute atomic E-state index is 0.247. The number of para-hydroxylation sites is 1. The first-order chi connectivity index (χ1) is 8.16. The average Bonchev–Trinajstić information content (AvgIpc) is 2.30. The zero-order valence-electron chi connectivity index (χ0n) is 9.48. The molecule has 0 aliphatic carbocycles. The van der Waals surface area contributed by atoms with E-state index < -0.39 is 0 Å². The highest BCUT2D eigenvalue weighted by atomic mass is 79.9. The number of phenolic OH excluding ortho intramolecular Hbond substituents is 1. The first kappa shape index (κ1) is 12.0. The van der Waals surface area contributed by atoms with Crippen molar-refractivity contribution in [2.45, 2.75) is 13.5 Å². The summed E-state index contributed by atoms with van der Waals surface area (Å²) in [4.78, 5) is 0. The molecule has 17 heavy (non-hydrogen) atoms. The fraction of sp³-hybridized carbons (Fsp3) is 0.143. The van der Waals surface area contributed by atoms with E-state index in [1.165, 1.54) is 0 Å². The number of ether oxygens (including phenoxy) is 1. The molecule has 2 nitrogen and oxygen atoms in total. The fourth-order valence-corrected chi connectivity index (χ4v) is 2.01. The van der Waals surface area contributed by atoms with Gasteiger partial charge in [0.25, 0.3) is 0 Å². The van der Waals surface area contributed by atoms with Gasteiger partial charge in [0.1, 0.15) is 18.1 Å². The molecule has 0 amide bonds. The average molecular weight is 293 g/mol. The molecular weight excluding hydrogens is 280 g/mol. The van der Waals surface area contributed by atoms with Gasteiger partial charge in [0.2, 0.25) is 0 Å². The Kier molecular flexibility index (Phi) is 3.69. The van der Waals surface area contributed by atoms with E-state index in [0.717, 1.165) is 21.3 Å². The summed E-state index contributed by atoms with van der Waals surface area (Å²) in [5.74, 6) is 1.13. The van der Waals surface area contributed by atoms with Crippen molar-refractivity contribution in [2.75, 3.05) is 0 Å². The van der Waals surface area contributed by atoms with Crippen molar-refractivity contribution in [2.24, 2.45) is 0 Å². The molecule has 0 saturated heterocycles. The van der Waals surface area contributed by atoms with Crippen molar-refractivity contribution in [1.29, 1.82) is 0 Å². The van der Waals surface area contributed by atoms with Gasteiger partial charge in [-0.15, -0.1) is 0 Å². The van der Waals surface area contributed by atoms with Gasteiger partial charge in [-0.05, 0) is 30.7 Å². The van der Waals surface area contributed by atoms with E-state index >= 15 is 0 Å². The Labute approximate surface area is 109 Å². The minimum atomic E-state index is 0.247. The van der Waals surface area contributed by atoms with Gasteiger partial charge >= 0.3 is 0 Å². The number of benzene rings is 2. The Bertz CT molecular complexity index is 523. The van der Waals surface area contributed by atoms with E-state index in [1.54, 1.807) is 12.1 Å². The summed E-state index contributed by atoms with van der Waals surface area (Å²) in [5, 5.41) is 9.30. The molecule has 2 rings (SSSR count). The Morgan fingerprint density at radius 2 is 1.94 bits per heavy atom. The van der Waals surface area contributed by atoms with Crippen LogP contribution in [0.3, 0.4) is 0 Å². The molecule has 2 aromatic carbocycles. The molecule has 3 heteroatoms. The maximum atomic E-state index is 9.30. The minimum Gasteiger partial charge on any atom is -0.508 e. The first-order valence-electron chi connectivity index (χ1n) is 5.32. The highest BCUT2D eigenvalue weighted by Crippen LogP contribution is 2.24. The second kappa shape index (κ2) is 5.23. The van der Waals surface area contributed by atoms with Gasteiger partial charge in [0.15, 0.2) is 0 Å². The number of aromatic hydroxyl groups is 1. The monoisotopic (exact) mass is 292 g/mol. The normalized spacial score (nSPS) is 10.2. The summed E-state index contributed by atoms with van der Waals surface area (Å²) < 4.78 is 6.58. The Hall–Kier alpha value is -1.48. The largest absolute Gasteiger partial charge is 0.508 e. The molecule has 0 unspecified atom stereocenters. The second-order valence-electron chi connectivity index (χ2n) is 3.83. The van der Waals surface area contributed by atoms with Gasteiger partial charge in [0.05, 0.1) is 0 Å². The molecule has 0 radical (unpaired) electrons. The highest BCUT2D eigenvalue weighted by Gasteiger charge is 2.03. The van der Waals surface area contributed by atoms with Crippen LogP contribution in [0, 0.1) is 6.92 Å². The van der Waals surface area contributed by atoms with Crippen LogP contribution in [0.2, 0.25) is 0 Å². The van der Waals surface area contributed by atoms with Crippen LogP contribution in [0.1, 0.15) is 11.1 Å².